The van der Waals surface area contributed by atoms with E-state index in [1.54, 1.807) is 25.1 Å². The maximum atomic E-state index is 13.0. The summed E-state index contributed by atoms with van der Waals surface area (Å²) in [7, 11) is 0. The molecule has 4 rings (SSSR count). The zero-order chi connectivity index (χ0) is 25.1. The molecular formula is C23H22ClN5O5S. The van der Waals surface area contributed by atoms with Gasteiger partial charge in [0.25, 0.3) is 5.19 Å². The van der Waals surface area contributed by atoms with Gasteiger partial charge in [-0.1, -0.05) is 41.1 Å². The molecule has 35 heavy (non-hydrogen) atoms. The van der Waals surface area contributed by atoms with Crippen LogP contribution in [0.3, 0.4) is 0 Å². The Morgan fingerprint density at radius 3 is 2.63 bits per heavy atom. The number of aromatic carboxylic acids is 1. The van der Waals surface area contributed by atoms with Crippen LogP contribution in [0.15, 0.2) is 62.7 Å². The Kier molecular flexibility index (Phi) is 7.17. The standard InChI is InChI=1S/C23H22ClN5O5S/c1-3-28-21(32)27-20(29(23(28)33)11-14-4-6-15(24)7-5-14)25-16-8-9-18(13(2)10-16)34-22-26-17(12-35-22)19(30)31/h4-9,12,16H,3,10-11H2,1-2H3,(H,30,31)(H,25,27,32). The highest BCUT2D eigenvalue weighted by molar-refractivity contribution is 7.11. The second-order valence-corrected chi connectivity index (χ2v) is 9.08. The summed E-state index contributed by atoms with van der Waals surface area (Å²) in [6.07, 6.45) is 4.09. The Hall–Kier alpha value is -3.70. The van der Waals surface area contributed by atoms with Crippen LogP contribution in [0.5, 0.6) is 5.19 Å². The van der Waals surface area contributed by atoms with Crippen LogP contribution in [0, 0.1) is 0 Å². The molecule has 0 amide bonds. The van der Waals surface area contributed by atoms with Gasteiger partial charge in [0.2, 0.25) is 5.95 Å². The molecule has 1 atom stereocenters. The summed E-state index contributed by atoms with van der Waals surface area (Å²) in [5, 5.41) is 14.4. The van der Waals surface area contributed by atoms with Crippen molar-refractivity contribution in [2.45, 2.75) is 39.4 Å². The smallest absolute Gasteiger partial charge is 0.355 e. The summed E-state index contributed by atoms with van der Waals surface area (Å²) in [6.45, 7) is 4.01. The van der Waals surface area contributed by atoms with Gasteiger partial charge >= 0.3 is 17.3 Å². The number of allylic oxidation sites excluding steroid dienone is 1. The average Bonchev–Trinajstić information content (AvgIpc) is 3.29. The number of carbonyl (C=O) groups is 1. The number of hydrogen-bond acceptors (Lipinski definition) is 8. The van der Waals surface area contributed by atoms with E-state index in [1.165, 1.54) is 9.95 Å². The summed E-state index contributed by atoms with van der Waals surface area (Å²) < 4.78 is 8.26. The molecule has 1 unspecified atom stereocenters. The normalized spacial score (nSPS) is 15.3. The lowest BCUT2D eigenvalue weighted by Gasteiger charge is -2.23. The van der Waals surface area contributed by atoms with Crippen molar-refractivity contribution in [3.63, 3.8) is 0 Å². The van der Waals surface area contributed by atoms with Gasteiger partial charge in [0.05, 0.1) is 12.6 Å². The topological polar surface area (TPSA) is 128 Å². The number of nitrogens with zero attached hydrogens (tertiary/aromatic N) is 4. The van der Waals surface area contributed by atoms with Gasteiger partial charge in [-0.25, -0.2) is 19.0 Å². The van der Waals surface area contributed by atoms with E-state index in [0.29, 0.717) is 17.2 Å². The Bertz CT molecular complexity index is 1440. The van der Waals surface area contributed by atoms with E-state index < -0.39 is 17.3 Å². The highest BCUT2D eigenvalue weighted by atomic mass is 35.5. The van der Waals surface area contributed by atoms with E-state index in [-0.39, 0.29) is 36.0 Å². The molecule has 2 N–H and O–H groups in total. The predicted molar refractivity (Wildman–Crippen MR) is 133 cm³/mol. The van der Waals surface area contributed by atoms with Gasteiger partial charge in [0.1, 0.15) is 5.76 Å². The van der Waals surface area contributed by atoms with Gasteiger partial charge in [-0.2, -0.15) is 9.97 Å². The van der Waals surface area contributed by atoms with Crippen LogP contribution >= 0.6 is 22.9 Å². The second kappa shape index (κ2) is 10.3. The Morgan fingerprint density at radius 1 is 1.26 bits per heavy atom. The number of anilines is 1. The molecule has 0 saturated carbocycles. The fourth-order valence-corrected chi connectivity index (χ4v) is 4.33. The fourth-order valence-electron chi connectivity index (χ4n) is 3.55. The molecule has 1 aliphatic carbocycles. The molecule has 2 aromatic heterocycles. The maximum Gasteiger partial charge on any atom is 0.355 e. The van der Waals surface area contributed by atoms with E-state index in [2.05, 4.69) is 15.3 Å². The lowest BCUT2D eigenvalue weighted by molar-refractivity contribution is 0.0690. The largest absolute Gasteiger partial charge is 0.476 e. The van der Waals surface area contributed by atoms with Crippen molar-refractivity contribution < 1.29 is 14.6 Å². The number of carboxylic acid groups (broad SMARTS) is 1. The van der Waals surface area contributed by atoms with E-state index >= 15 is 0 Å². The maximum absolute atomic E-state index is 13.0. The first kappa shape index (κ1) is 24.4. The number of benzene rings is 1. The zero-order valence-corrected chi connectivity index (χ0v) is 20.5. The van der Waals surface area contributed by atoms with Crippen LogP contribution in [0.25, 0.3) is 0 Å². The Balaban J connectivity index is 1.56. The molecule has 0 radical (unpaired) electrons. The Morgan fingerprint density at radius 2 is 2.00 bits per heavy atom. The van der Waals surface area contributed by atoms with Crippen molar-refractivity contribution >= 4 is 34.9 Å². The molecule has 0 saturated heterocycles. The summed E-state index contributed by atoms with van der Waals surface area (Å²) in [4.78, 5) is 44.6. The second-order valence-electron chi connectivity index (χ2n) is 7.82. The number of thiazole rings is 1. The van der Waals surface area contributed by atoms with Crippen LogP contribution in [-0.2, 0) is 13.1 Å². The number of rotatable bonds is 8. The quantitative estimate of drug-likeness (QED) is 0.467. The van der Waals surface area contributed by atoms with Crippen LogP contribution < -0.4 is 21.4 Å². The highest BCUT2D eigenvalue weighted by Crippen LogP contribution is 2.26. The van der Waals surface area contributed by atoms with Crippen molar-refractivity contribution in [2.24, 2.45) is 0 Å². The number of aromatic nitrogens is 4. The summed E-state index contributed by atoms with van der Waals surface area (Å²) in [5.41, 5.74) is 0.554. The van der Waals surface area contributed by atoms with Gasteiger partial charge in [-0.05, 0) is 49.6 Å². The van der Waals surface area contributed by atoms with Gasteiger partial charge in [-0.15, -0.1) is 0 Å². The van der Waals surface area contributed by atoms with Gasteiger partial charge < -0.3 is 15.2 Å². The number of carboxylic acids is 1. The van der Waals surface area contributed by atoms with Crippen molar-refractivity contribution in [3.8, 4) is 5.19 Å². The van der Waals surface area contributed by atoms with Crippen molar-refractivity contribution in [3.05, 3.63) is 90.4 Å². The zero-order valence-electron chi connectivity index (χ0n) is 18.9. The number of ether oxygens (including phenoxy) is 1. The van der Waals surface area contributed by atoms with E-state index in [0.717, 1.165) is 27.0 Å². The molecule has 182 valence electrons. The molecule has 1 aliphatic rings. The van der Waals surface area contributed by atoms with E-state index in [4.69, 9.17) is 21.4 Å². The van der Waals surface area contributed by atoms with Gasteiger partial charge in [0, 0.05) is 16.9 Å². The third kappa shape index (κ3) is 5.52. The minimum Gasteiger partial charge on any atom is -0.476 e. The van der Waals surface area contributed by atoms with Gasteiger partial charge in [0.15, 0.2) is 5.69 Å². The first-order valence-electron chi connectivity index (χ1n) is 10.7. The number of hydrogen-bond donors (Lipinski definition) is 2. The number of nitrogens with one attached hydrogen (secondary N) is 1. The van der Waals surface area contributed by atoms with Crippen LogP contribution in [0.1, 0.15) is 36.3 Å². The third-order valence-electron chi connectivity index (χ3n) is 5.36. The fraction of sp³-hybridized carbons (Fsp3) is 0.261. The van der Waals surface area contributed by atoms with Crippen LogP contribution in [-0.4, -0.2) is 36.2 Å². The first-order chi connectivity index (χ1) is 16.7. The molecule has 0 aliphatic heterocycles. The molecule has 2 heterocycles. The van der Waals surface area contributed by atoms with Crippen molar-refractivity contribution in [1.29, 1.82) is 0 Å². The minimum atomic E-state index is -1.12. The summed E-state index contributed by atoms with van der Waals surface area (Å²) >= 11 is 7.07. The molecule has 0 fully saturated rings. The SMILES string of the molecule is CCn1c(=O)nc(NC2C=CC(Oc3nc(C(=O)O)cs3)=C(C)C2)n(Cc2ccc(Cl)cc2)c1=O. The molecule has 0 bridgehead atoms. The monoisotopic (exact) mass is 515 g/mol. The van der Waals surface area contributed by atoms with E-state index in [9.17, 15) is 14.4 Å². The van der Waals surface area contributed by atoms with Crippen molar-refractivity contribution in [2.75, 3.05) is 5.32 Å². The summed E-state index contributed by atoms with van der Waals surface area (Å²) in [6, 6.07) is 6.84. The lowest BCUT2D eigenvalue weighted by Crippen LogP contribution is -2.43. The molecule has 10 nitrogen and oxygen atoms in total. The summed E-state index contributed by atoms with van der Waals surface area (Å²) in [5.74, 6) is -0.396. The highest BCUT2D eigenvalue weighted by Gasteiger charge is 2.20. The lowest BCUT2D eigenvalue weighted by atomic mass is 10.0. The average molecular weight is 516 g/mol. The first-order valence-corrected chi connectivity index (χ1v) is 12.0. The molecule has 0 spiro atoms. The van der Waals surface area contributed by atoms with Crippen molar-refractivity contribution in [1.82, 2.24) is 19.1 Å². The Labute approximate surface area is 208 Å². The van der Waals surface area contributed by atoms with Crippen LogP contribution in [0.2, 0.25) is 5.02 Å². The molecule has 1 aromatic carbocycles. The third-order valence-corrected chi connectivity index (χ3v) is 6.33. The van der Waals surface area contributed by atoms with Crippen LogP contribution in [0.4, 0.5) is 5.95 Å². The van der Waals surface area contributed by atoms with Gasteiger partial charge in [-0.3, -0.25) is 4.57 Å². The molecular weight excluding hydrogens is 494 g/mol. The minimum absolute atomic E-state index is 0.0749. The number of halogens is 1. The van der Waals surface area contributed by atoms with E-state index in [1.807, 2.05) is 25.1 Å². The predicted octanol–water partition coefficient (Wildman–Crippen LogP) is 3.37. The molecule has 3 aromatic rings. The molecule has 12 heteroatoms.